The van der Waals surface area contributed by atoms with E-state index in [1.807, 2.05) is 0 Å². The van der Waals surface area contributed by atoms with E-state index in [2.05, 4.69) is 52.6 Å². The second kappa shape index (κ2) is 4.17. The summed E-state index contributed by atoms with van der Waals surface area (Å²) in [5.74, 6) is 0. The highest BCUT2D eigenvalue weighted by Gasteiger charge is 2.38. The van der Waals surface area contributed by atoms with Crippen LogP contribution in [-0.2, 0) is 9.47 Å². The largest absolute Gasteiger partial charge is 0.351 e. The van der Waals surface area contributed by atoms with Crippen LogP contribution in [0.15, 0.2) is 0 Å². The van der Waals surface area contributed by atoms with Gasteiger partial charge in [0.25, 0.3) is 0 Å². The highest BCUT2D eigenvalue weighted by Crippen LogP contribution is 2.33. The van der Waals surface area contributed by atoms with E-state index in [-0.39, 0.29) is 16.0 Å². The summed E-state index contributed by atoms with van der Waals surface area (Å²) in [6.07, 6.45) is -0.0859. The van der Waals surface area contributed by atoms with Gasteiger partial charge in [-0.1, -0.05) is 52.6 Å². The van der Waals surface area contributed by atoms with Gasteiger partial charge in [0.2, 0.25) is 0 Å². The monoisotopic (exact) mass is 314 g/mol. The maximum absolute atomic E-state index is 5.65. The number of rotatable bonds is 1. The Labute approximate surface area is 96.6 Å². The fraction of sp³-hybridized carbons (Fsp3) is 1.00. The number of ether oxygens (including phenoxy) is 2. The summed E-state index contributed by atoms with van der Waals surface area (Å²) in [5, 5.41) is 0.844. The summed E-state index contributed by atoms with van der Waals surface area (Å²) in [5.41, 5.74) is 0.0562. The number of hydrogen-bond acceptors (Lipinski definition) is 2. The first-order valence-electron chi connectivity index (χ1n) is 4.35. The Hall–Kier alpha value is 0.880. The highest BCUT2D eigenvalue weighted by molar-refractivity contribution is 9.12. The molecule has 1 rings (SSSR count). The molecule has 0 saturated carbocycles. The van der Waals surface area contributed by atoms with Crippen molar-refractivity contribution in [3.8, 4) is 0 Å². The van der Waals surface area contributed by atoms with Gasteiger partial charge in [-0.15, -0.1) is 0 Å². The van der Waals surface area contributed by atoms with Crippen LogP contribution in [0.5, 0.6) is 0 Å². The molecule has 0 aromatic carbocycles. The van der Waals surface area contributed by atoms with Gasteiger partial charge in [-0.2, -0.15) is 0 Å². The van der Waals surface area contributed by atoms with Crippen LogP contribution in [0.2, 0.25) is 0 Å². The molecule has 13 heavy (non-hydrogen) atoms. The molecule has 0 aromatic rings. The van der Waals surface area contributed by atoms with Gasteiger partial charge in [0.15, 0.2) is 6.29 Å². The Balaban J connectivity index is 2.48. The van der Waals surface area contributed by atoms with Crippen molar-refractivity contribution in [1.82, 2.24) is 0 Å². The molecule has 0 atom stereocenters. The van der Waals surface area contributed by atoms with Gasteiger partial charge >= 0.3 is 0 Å². The first-order valence-corrected chi connectivity index (χ1v) is 6.27. The van der Waals surface area contributed by atoms with Crippen molar-refractivity contribution in [2.75, 3.05) is 18.5 Å². The topological polar surface area (TPSA) is 18.5 Å². The third kappa shape index (κ3) is 3.18. The molecule has 0 spiro atoms. The number of halogens is 2. The SMILES string of the molecule is CC(C)(C)C1OCC(Br)(CBr)CO1. The first kappa shape index (κ1) is 12.0. The molecule has 1 heterocycles. The van der Waals surface area contributed by atoms with Crippen molar-refractivity contribution in [1.29, 1.82) is 0 Å². The van der Waals surface area contributed by atoms with Crippen molar-refractivity contribution in [3.05, 3.63) is 0 Å². The molecule has 1 aliphatic heterocycles. The van der Waals surface area contributed by atoms with Crippen LogP contribution in [0.25, 0.3) is 0 Å². The second-order valence-corrected chi connectivity index (χ2v) is 6.85. The van der Waals surface area contributed by atoms with Gasteiger partial charge in [0.1, 0.15) is 0 Å². The molecular formula is C9H16Br2O2. The molecule has 0 aliphatic carbocycles. The van der Waals surface area contributed by atoms with E-state index in [4.69, 9.17) is 9.47 Å². The van der Waals surface area contributed by atoms with E-state index >= 15 is 0 Å². The molecule has 2 nitrogen and oxygen atoms in total. The van der Waals surface area contributed by atoms with E-state index in [9.17, 15) is 0 Å². The fourth-order valence-electron chi connectivity index (χ4n) is 1.12. The lowest BCUT2D eigenvalue weighted by atomic mass is 9.95. The molecule has 0 N–H and O–H groups in total. The van der Waals surface area contributed by atoms with Crippen LogP contribution >= 0.6 is 31.9 Å². The molecule has 1 aliphatic rings. The van der Waals surface area contributed by atoms with Crippen molar-refractivity contribution in [3.63, 3.8) is 0 Å². The van der Waals surface area contributed by atoms with E-state index < -0.39 is 0 Å². The fourth-order valence-corrected chi connectivity index (χ4v) is 1.71. The summed E-state index contributed by atoms with van der Waals surface area (Å²) >= 11 is 7.02. The molecule has 1 saturated heterocycles. The van der Waals surface area contributed by atoms with E-state index in [0.717, 1.165) is 5.33 Å². The summed E-state index contributed by atoms with van der Waals surface area (Å²) < 4.78 is 11.3. The Bertz CT molecular complexity index is 169. The summed E-state index contributed by atoms with van der Waals surface area (Å²) in [6.45, 7) is 7.74. The van der Waals surface area contributed by atoms with Gasteiger partial charge in [-0.05, 0) is 0 Å². The van der Waals surface area contributed by atoms with Crippen LogP contribution in [0.4, 0.5) is 0 Å². The Morgan fingerprint density at radius 2 is 1.77 bits per heavy atom. The second-order valence-electron chi connectivity index (χ2n) is 4.60. The third-order valence-electron chi connectivity index (χ3n) is 1.93. The molecular weight excluding hydrogens is 300 g/mol. The van der Waals surface area contributed by atoms with Crippen molar-refractivity contribution in [2.45, 2.75) is 31.4 Å². The van der Waals surface area contributed by atoms with Crippen LogP contribution in [0.3, 0.4) is 0 Å². The van der Waals surface area contributed by atoms with Gasteiger partial charge in [-0.25, -0.2) is 0 Å². The lowest BCUT2D eigenvalue weighted by Crippen LogP contribution is -2.48. The lowest BCUT2D eigenvalue weighted by Gasteiger charge is -2.40. The Morgan fingerprint density at radius 1 is 1.31 bits per heavy atom. The van der Waals surface area contributed by atoms with E-state index in [0.29, 0.717) is 13.2 Å². The molecule has 78 valence electrons. The lowest BCUT2D eigenvalue weighted by molar-refractivity contribution is -0.231. The smallest absolute Gasteiger partial charge is 0.162 e. The molecule has 0 bridgehead atoms. The minimum atomic E-state index is -0.0859. The van der Waals surface area contributed by atoms with Crippen LogP contribution < -0.4 is 0 Å². The van der Waals surface area contributed by atoms with Gasteiger partial charge < -0.3 is 9.47 Å². The summed E-state index contributed by atoms with van der Waals surface area (Å²) in [4.78, 5) is 0. The normalized spacial score (nSPS) is 36.2. The van der Waals surface area contributed by atoms with Crippen LogP contribution in [0, 0.1) is 5.41 Å². The molecule has 0 amide bonds. The predicted molar refractivity (Wildman–Crippen MR) is 60.6 cm³/mol. The zero-order valence-corrected chi connectivity index (χ0v) is 11.4. The Morgan fingerprint density at radius 3 is 2.08 bits per heavy atom. The van der Waals surface area contributed by atoms with Crippen LogP contribution in [0.1, 0.15) is 20.8 Å². The average Bonchev–Trinajstić information content (AvgIpc) is 2.04. The zero-order chi connectivity index (χ0) is 10.1. The summed E-state index contributed by atoms with van der Waals surface area (Å²) in [6, 6.07) is 0. The quantitative estimate of drug-likeness (QED) is 0.693. The Kier molecular flexibility index (Phi) is 3.83. The van der Waals surface area contributed by atoms with Crippen molar-refractivity contribution in [2.24, 2.45) is 5.41 Å². The van der Waals surface area contributed by atoms with Gasteiger partial charge in [0, 0.05) is 10.7 Å². The molecule has 1 fully saturated rings. The van der Waals surface area contributed by atoms with Gasteiger partial charge in [-0.3, -0.25) is 0 Å². The van der Waals surface area contributed by atoms with Crippen LogP contribution in [-0.4, -0.2) is 29.2 Å². The highest BCUT2D eigenvalue weighted by atomic mass is 79.9. The van der Waals surface area contributed by atoms with Crippen molar-refractivity contribution < 1.29 is 9.47 Å². The maximum atomic E-state index is 5.65. The number of alkyl halides is 2. The molecule has 0 radical (unpaired) electrons. The predicted octanol–water partition coefficient (Wildman–Crippen LogP) is 2.93. The van der Waals surface area contributed by atoms with Crippen molar-refractivity contribution >= 4 is 31.9 Å². The summed E-state index contributed by atoms with van der Waals surface area (Å²) in [7, 11) is 0. The maximum Gasteiger partial charge on any atom is 0.162 e. The third-order valence-corrected chi connectivity index (χ3v) is 4.50. The minimum Gasteiger partial charge on any atom is -0.351 e. The molecule has 0 unspecified atom stereocenters. The van der Waals surface area contributed by atoms with E-state index in [1.165, 1.54) is 0 Å². The van der Waals surface area contributed by atoms with Gasteiger partial charge in [0.05, 0.1) is 17.5 Å². The standard InChI is InChI=1S/C9H16Br2O2/c1-8(2,3)7-12-5-9(11,4-10)6-13-7/h7H,4-6H2,1-3H3. The average molecular weight is 316 g/mol. The first-order chi connectivity index (χ1) is 5.87. The molecule has 4 heteroatoms. The van der Waals surface area contributed by atoms with E-state index in [1.54, 1.807) is 0 Å². The molecule has 0 aromatic heterocycles. The number of hydrogen-bond donors (Lipinski definition) is 0. The zero-order valence-electron chi connectivity index (χ0n) is 8.27. The minimum absolute atomic E-state index is 0.0469.